The van der Waals surface area contributed by atoms with Crippen molar-refractivity contribution < 1.29 is 14.3 Å². The molecule has 1 saturated heterocycles. The van der Waals surface area contributed by atoms with Crippen molar-refractivity contribution in [1.82, 2.24) is 9.97 Å². The van der Waals surface area contributed by atoms with Gasteiger partial charge in [-0.15, -0.1) is 0 Å². The van der Waals surface area contributed by atoms with Crippen molar-refractivity contribution in [3.8, 4) is 5.88 Å². The zero-order valence-electron chi connectivity index (χ0n) is 11.7. The molecule has 0 bridgehead atoms. The van der Waals surface area contributed by atoms with Gasteiger partial charge in [-0.25, -0.2) is 9.97 Å². The van der Waals surface area contributed by atoms with Crippen LogP contribution in [-0.4, -0.2) is 43.2 Å². The number of carbonyl (C=O) groups excluding carboxylic acids is 1. The van der Waals surface area contributed by atoms with Crippen molar-refractivity contribution in [2.45, 2.75) is 13.8 Å². The molecule has 2 rings (SSSR count). The smallest absolute Gasteiger partial charge is 0.310 e. The van der Waals surface area contributed by atoms with Gasteiger partial charge in [-0.2, -0.15) is 0 Å². The Labute approximate surface area is 112 Å². The van der Waals surface area contributed by atoms with Gasteiger partial charge in [0.2, 0.25) is 5.88 Å². The van der Waals surface area contributed by atoms with E-state index in [1.165, 1.54) is 13.4 Å². The highest BCUT2D eigenvalue weighted by Gasteiger charge is 2.36. The second-order valence-electron chi connectivity index (χ2n) is 4.84. The van der Waals surface area contributed by atoms with Gasteiger partial charge in [-0.1, -0.05) is 6.92 Å². The number of ether oxygens (including phenoxy) is 2. The molecule has 19 heavy (non-hydrogen) atoms. The molecule has 0 amide bonds. The lowest BCUT2D eigenvalue weighted by Crippen LogP contribution is -2.25. The van der Waals surface area contributed by atoms with E-state index in [4.69, 9.17) is 9.47 Å². The molecule has 2 atom stereocenters. The largest absolute Gasteiger partial charge is 0.481 e. The van der Waals surface area contributed by atoms with Gasteiger partial charge >= 0.3 is 5.97 Å². The zero-order chi connectivity index (χ0) is 14.0. The standard InChI is InChI=1S/C13H19N3O3/c1-8-5-16(6-10(8)13(17)19-4)11-9(2)12(18-3)15-7-14-11/h7-8,10H,5-6H2,1-4H3. The van der Waals surface area contributed by atoms with Gasteiger partial charge in [-0.3, -0.25) is 4.79 Å². The Morgan fingerprint density at radius 3 is 2.74 bits per heavy atom. The van der Waals surface area contributed by atoms with Gasteiger partial charge in [0.05, 0.1) is 25.7 Å². The fourth-order valence-electron chi connectivity index (χ4n) is 2.55. The van der Waals surface area contributed by atoms with Gasteiger partial charge in [0.1, 0.15) is 12.1 Å². The highest BCUT2D eigenvalue weighted by Crippen LogP contribution is 2.31. The van der Waals surface area contributed by atoms with Crippen LogP contribution in [0.15, 0.2) is 6.33 Å². The first-order valence-electron chi connectivity index (χ1n) is 6.26. The summed E-state index contributed by atoms with van der Waals surface area (Å²) in [6, 6.07) is 0. The topological polar surface area (TPSA) is 64.5 Å². The second kappa shape index (κ2) is 5.42. The van der Waals surface area contributed by atoms with E-state index in [-0.39, 0.29) is 17.8 Å². The van der Waals surface area contributed by atoms with Gasteiger partial charge in [-0.05, 0) is 12.8 Å². The van der Waals surface area contributed by atoms with Crippen molar-refractivity contribution in [3.63, 3.8) is 0 Å². The number of carbonyl (C=O) groups is 1. The fourth-order valence-corrected chi connectivity index (χ4v) is 2.55. The normalized spacial score (nSPS) is 22.4. The number of methoxy groups -OCH3 is 2. The molecular weight excluding hydrogens is 246 g/mol. The molecule has 2 unspecified atom stereocenters. The maximum atomic E-state index is 11.7. The molecule has 1 aromatic rings. The predicted octanol–water partition coefficient (Wildman–Crippen LogP) is 1.04. The minimum absolute atomic E-state index is 0.106. The summed E-state index contributed by atoms with van der Waals surface area (Å²) in [5.74, 6) is 1.37. The van der Waals surface area contributed by atoms with Crippen LogP contribution in [0.2, 0.25) is 0 Å². The van der Waals surface area contributed by atoms with Crippen LogP contribution >= 0.6 is 0 Å². The monoisotopic (exact) mass is 265 g/mol. The third kappa shape index (κ3) is 2.47. The summed E-state index contributed by atoms with van der Waals surface area (Å²) in [6.07, 6.45) is 1.48. The molecule has 0 spiro atoms. The number of hydrogen-bond acceptors (Lipinski definition) is 6. The first-order chi connectivity index (χ1) is 9.08. The minimum Gasteiger partial charge on any atom is -0.481 e. The molecule has 0 N–H and O–H groups in total. The zero-order valence-corrected chi connectivity index (χ0v) is 11.7. The van der Waals surface area contributed by atoms with E-state index in [9.17, 15) is 4.79 Å². The molecule has 0 aromatic carbocycles. The molecular formula is C13H19N3O3. The third-order valence-electron chi connectivity index (χ3n) is 3.62. The first-order valence-corrected chi connectivity index (χ1v) is 6.26. The summed E-state index contributed by atoms with van der Waals surface area (Å²) in [6.45, 7) is 5.37. The lowest BCUT2D eigenvalue weighted by atomic mass is 9.99. The summed E-state index contributed by atoms with van der Waals surface area (Å²) in [5.41, 5.74) is 0.891. The second-order valence-corrected chi connectivity index (χ2v) is 4.84. The van der Waals surface area contributed by atoms with Crippen molar-refractivity contribution in [3.05, 3.63) is 11.9 Å². The quantitative estimate of drug-likeness (QED) is 0.761. The van der Waals surface area contributed by atoms with Crippen molar-refractivity contribution in [2.75, 3.05) is 32.2 Å². The maximum absolute atomic E-state index is 11.7. The van der Waals surface area contributed by atoms with E-state index in [1.54, 1.807) is 7.11 Å². The number of aromatic nitrogens is 2. The van der Waals surface area contributed by atoms with Gasteiger partial charge < -0.3 is 14.4 Å². The average molecular weight is 265 g/mol. The fraction of sp³-hybridized carbons (Fsp3) is 0.615. The highest BCUT2D eigenvalue weighted by molar-refractivity contribution is 5.74. The van der Waals surface area contributed by atoms with E-state index < -0.39 is 0 Å². The summed E-state index contributed by atoms with van der Waals surface area (Å²) in [5, 5.41) is 0. The number of anilines is 1. The van der Waals surface area contributed by atoms with E-state index in [1.807, 2.05) is 6.92 Å². The van der Waals surface area contributed by atoms with Crippen molar-refractivity contribution in [2.24, 2.45) is 11.8 Å². The summed E-state index contributed by atoms with van der Waals surface area (Å²) in [7, 11) is 3.01. The molecule has 0 saturated carbocycles. The molecule has 1 fully saturated rings. The summed E-state index contributed by atoms with van der Waals surface area (Å²) < 4.78 is 10.0. The molecule has 1 aliphatic heterocycles. The molecule has 0 radical (unpaired) electrons. The van der Waals surface area contributed by atoms with Crippen LogP contribution in [0.4, 0.5) is 5.82 Å². The van der Waals surface area contributed by atoms with E-state index >= 15 is 0 Å². The Morgan fingerprint density at radius 1 is 1.37 bits per heavy atom. The van der Waals surface area contributed by atoms with Crippen LogP contribution in [0.3, 0.4) is 0 Å². The highest BCUT2D eigenvalue weighted by atomic mass is 16.5. The molecule has 6 heteroatoms. The first kappa shape index (κ1) is 13.6. The minimum atomic E-state index is -0.159. The molecule has 0 aliphatic carbocycles. The van der Waals surface area contributed by atoms with Crippen LogP contribution in [0.1, 0.15) is 12.5 Å². The molecule has 6 nitrogen and oxygen atoms in total. The number of esters is 1. The Hall–Kier alpha value is -1.85. The van der Waals surface area contributed by atoms with E-state index in [2.05, 4.69) is 21.8 Å². The summed E-state index contributed by atoms with van der Waals surface area (Å²) >= 11 is 0. The molecule has 1 aromatic heterocycles. The summed E-state index contributed by atoms with van der Waals surface area (Å²) in [4.78, 5) is 22.2. The van der Waals surface area contributed by atoms with Crippen LogP contribution in [0.5, 0.6) is 5.88 Å². The Bertz CT molecular complexity index is 478. The maximum Gasteiger partial charge on any atom is 0.310 e. The Kier molecular flexibility index (Phi) is 3.87. The Balaban J connectivity index is 2.23. The number of rotatable bonds is 3. The molecule has 2 heterocycles. The molecule has 104 valence electrons. The van der Waals surface area contributed by atoms with Crippen molar-refractivity contribution >= 4 is 11.8 Å². The van der Waals surface area contributed by atoms with Crippen LogP contribution in [0, 0.1) is 18.8 Å². The third-order valence-corrected chi connectivity index (χ3v) is 3.62. The Morgan fingerprint density at radius 2 is 2.11 bits per heavy atom. The van der Waals surface area contributed by atoms with Gasteiger partial charge in [0.25, 0.3) is 0 Å². The van der Waals surface area contributed by atoms with E-state index in [0.29, 0.717) is 12.4 Å². The number of nitrogens with zero attached hydrogens (tertiary/aromatic N) is 3. The SMILES string of the molecule is COC(=O)C1CN(c2ncnc(OC)c2C)CC1C. The lowest BCUT2D eigenvalue weighted by Gasteiger charge is -2.19. The van der Waals surface area contributed by atoms with Crippen molar-refractivity contribution in [1.29, 1.82) is 0 Å². The van der Waals surface area contributed by atoms with Crippen LogP contribution in [-0.2, 0) is 9.53 Å². The predicted molar refractivity (Wildman–Crippen MR) is 70.2 cm³/mol. The lowest BCUT2D eigenvalue weighted by molar-refractivity contribution is -0.145. The van der Waals surface area contributed by atoms with Gasteiger partial charge in [0, 0.05) is 13.1 Å². The average Bonchev–Trinajstić information content (AvgIpc) is 2.80. The van der Waals surface area contributed by atoms with Gasteiger partial charge in [0.15, 0.2) is 0 Å². The number of hydrogen-bond donors (Lipinski definition) is 0. The van der Waals surface area contributed by atoms with E-state index in [0.717, 1.165) is 17.9 Å². The van der Waals surface area contributed by atoms with Crippen LogP contribution < -0.4 is 9.64 Å². The van der Waals surface area contributed by atoms with Crippen LogP contribution in [0.25, 0.3) is 0 Å². The molecule has 1 aliphatic rings.